The van der Waals surface area contributed by atoms with Crippen LogP contribution in [0.3, 0.4) is 0 Å². The van der Waals surface area contributed by atoms with Crippen LogP contribution < -0.4 is 5.32 Å². The Morgan fingerprint density at radius 3 is 2.21 bits per heavy atom. The number of amides is 1. The zero-order valence-corrected chi connectivity index (χ0v) is 10.9. The maximum atomic E-state index is 12.0. The second kappa shape index (κ2) is 2.55. The van der Waals surface area contributed by atoms with Crippen LogP contribution in [0.2, 0.25) is 0 Å². The Labute approximate surface area is 94.0 Å². The summed E-state index contributed by atoms with van der Waals surface area (Å²) in [6, 6.07) is 0. The van der Waals surface area contributed by atoms with Crippen molar-refractivity contribution < 1.29 is 4.79 Å². The molecule has 3 atom stereocenters. The Morgan fingerprint density at radius 2 is 1.93 bits per heavy atom. The monoisotopic (exact) mass is 259 g/mol. The smallest absolute Gasteiger partial charge is 0.227 e. The lowest BCUT2D eigenvalue weighted by molar-refractivity contribution is -0.161. The van der Waals surface area contributed by atoms with Gasteiger partial charge in [0.05, 0.1) is 5.41 Å². The van der Waals surface area contributed by atoms with Crippen LogP contribution >= 0.6 is 15.9 Å². The van der Waals surface area contributed by atoms with E-state index in [2.05, 4.69) is 42.0 Å². The van der Waals surface area contributed by atoms with Gasteiger partial charge >= 0.3 is 0 Å². The van der Waals surface area contributed by atoms with E-state index in [9.17, 15) is 4.79 Å². The van der Waals surface area contributed by atoms with E-state index in [0.717, 1.165) is 12.8 Å². The standard InChI is InChI=1S/C11H18BrNO/c1-9(2)10(3)5-6-11(9,7(10)12)8(14)13-4/h7H,5-6H2,1-4H3,(H,13,14)/t7-,10-,11-/m1/s1. The summed E-state index contributed by atoms with van der Waals surface area (Å²) in [5.41, 5.74) is 0.240. The highest BCUT2D eigenvalue weighted by molar-refractivity contribution is 9.09. The molecule has 0 unspecified atom stereocenters. The fraction of sp³-hybridized carbons (Fsp3) is 0.909. The topological polar surface area (TPSA) is 29.1 Å². The second-order valence-corrected chi connectivity index (χ2v) is 6.37. The normalized spacial score (nSPS) is 48.5. The fourth-order valence-electron chi connectivity index (χ4n) is 3.68. The van der Waals surface area contributed by atoms with Gasteiger partial charge in [-0.3, -0.25) is 4.79 Å². The molecule has 0 heterocycles. The minimum Gasteiger partial charge on any atom is -0.359 e. The lowest BCUT2D eigenvalue weighted by Crippen LogP contribution is -2.69. The molecule has 3 rings (SSSR count). The molecule has 0 aromatic rings. The van der Waals surface area contributed by atoms with Gasteiger partial charge in [0.2, 0.25) is 5.91 Å². The van der Waals surface area contributed by atoms with Crippen molar-refractivity contribution in [1.82, 2.24) is 5.32 Å². The molecular formula is C11H18BrNO. The maximum Gasteiger partial charge on any atom is 0.227 e. The van der Waals surface area contributed by atoms with Gasteiger partial charge in [0.1, 0.15) is 0 Å². The number of rotatable bonds is 1. The van der Waals surface area contributed by atoms with E-state index in [1.165, 1.54) is 0 Å². The van der Waals surface area contributed by atoms with Gasteiger partial charge in [-0.25, -0.2) is 0 Å². The van der Waals surface area contributed by atoms with Crippen molar-refractivity contribution in [3.63, 3.8) is 0 Å². The average molecular weight is 260 g/mol. The second-order valence-electron chi connectivity index (χ2n) is 5.46. The molecule has 1 N–H and O–H groups in total. The van der Waals surface area contributed by atoms with Crippen LogP contribution in [0.4, 0.5) is 0 Å². The number of carbonyl (C=O) groups excluding carboxylic acids is 1. The molecular weight excluding hydrogens is 242 g/mol. The van der Waals surface area contributed by atoms with Gasteiger partial charge in [0.25, 0.3) is 0 Å². The van der Waals surface area contributed by atoms with Crippen molar-refractivity contribution in [3.05, 3.63) is 0 Å². The highest BCUT2D eigenvalue weighted by atomic mass is 79.9. The third kappa shape index (κ3) is 0.709. The van der Waals surface area contributed by atoms with Crippen LogP contribution in [-0.4, -0.2) is 17.8 Å². The molecule has 3 saturated carbocycles. The molecule has 0 aromatic carbocycles. The first-order valence-electron chi connectivity index (χ1n) is 5.21. The summed E-state index contributed by atoms with van der Waals surface area (Å²) in [6.07, 6.45) is 2.18. The van der Waals surface area contributed by atoms with Gasteiger partial charge in [-0.15, -0.1) is 0 Å². The van der Waals surface area contributed by atoms with Crippen LogP contribution in [0.15, 0.2) is 0 Å². The summed E-state index contributed by atoms with van der Waals surface area (Å²) in [7, 11) is 1.74. The zero-order chi connectivity index (χ0) is 10.8. The molecule has 3 fully saturated rings. The first-order chi connectivity index (χ1) is 6.34. The van der Waals surface area contributed by atoms with Crippen molar-refractivity contribution >= 4 is 21.8 Å². The molecule has 3 aliphatic carbocycles. The van der Waals surface area contributed by atoms with Gasteiger partial charge in [-0.05, 0) is 23.7 Å². The van der Waals surface area contributed by atoms with Gasteiger partial charge in [0, 0.05) is 11.9 Å². The van der Waals surface area contributed by atoms with Gasteiger partial charge in [0.15, 0.2) is 0 Å². The predicted molar refractivity (Wildman–Crippen MR) is 60.3 cm³/mol. The van der Waals surface area contributed by atoms with Crippen LogP contribution in [0.1, 0.15) is 33.6 Å². The van der Waals surface area contributed by atoms with Crippen LogP contribution in [-0.2, 0) is 4.79 Å². The quantitative estimate of drug-likeness (QED) is 0.720. The van der Waals surface area contributed by atoms with Gasteiger partial charge < -0.3 is 5.32 Å². The molecule has 0 aromatic heterocycles. The summed E-state index contributed by atoms with van der Waals surface area (Å²) < 4.78 is 0. The Kier molecular flexibility index (Phi) is 1.90. The van der Waals surface area contributed by atoms with Crippen LogP contribution in [0.25, 0.3) is 0 Å². The molecule has 0 spiro atoms. The summed E-state index contributed by atoms with van der Waals surface area (Å²) >= 11 is 3.72. The van der Waals surface area contributed by atoms with E-state index < -0.39 is 0 Å². The fourth-order valence-corrected chi connectivity index (χ4v) is 5.49. The van der Waals surface area contributed by atoms with E-state index in [1.807, 2.05) is 0 Å². The summed E-state index contributed by atoms with van der Waals surface area (Å²) in [4.78, 5) is 12.3. The molecule has 80 valence electrons. The first kappa shape index (κ1) is 10.5. The average Bonchev–Trinajstić information content (AvgIpc) is 2.54. The first-order valence-corrected chi connectivity index (χ1v) is 6.12. The minimum absolute atomic E-state index is 0.119. The minimum atomic E-state index is -0.170. The Bertz CT molecular complexity index is 302. The largest absolute Gasteiger partial charge is 0.359 e. The zero-order valence-electron chi connectivity index (χ0n) is 9.28. The number of alkyl halides is 1. The van der Waals surface area contributed by atoms with E-state index in [-0.39, 0.29) is 16.7 Å². The lowest BCUT2D eigenvalue weighted by Gasteiger charge is -2.64. The SMILES string of the molecule is CNC(=O)[C@@]12CC[C@](C)([C@H]1Br)C2(C)C. The Morgan fingerprint density at radius 1 is 1.36 bits per heavy atom. The Balaban J connectivity index is 2.44. The molecule has 3 heteroatoms. The number of carbonyl (C=O) groups is 1. The predicted octanol–water partition coefficient (Wildman–Crippen LogP) is 2.32. The van der Waals surface area contributed by atoms with Gasteiger partial charge in [-0.2, -0.15) is 0 Å². The molecule has 0 aliphatic heterocycles. The molecule has 1 amide bonds. The highest BCUT2D eigenvalue weighted by Gasteiger charge is 2.79. The lowest BCUT2D eigenvalue weighted by atomic mass is 9.43. The highest BCUT2D eigenvalue weighted by Crippen LogP contribution is 2.79. The maximum absolute atomic E-state index is 12.0. The molecule has 14 heavy (non-hydrogen) atoms. The van der Waals surface area contributed by atoms with E-state index in [0.29, 0.717) is 10.2 Å². The van der Waals surface area contributed by atoms with Crippen molar-refractivity contribution in [3.8, 4) is 0 Å². The van der Waals surface area contributed by atoms with E-state index >= 15 is 0 Å². The number of fused-ring (bicyclic) bond motifs is 1. The summed E-state index contributed by atoms with van der Waals surface area (Å²) in [6.45, 7) is 6.75. The van der Waals surface area contributed by atoms with Crippen molar-refractivity contribution in [2.45, 2.75) is 38.4 Å². The van der Waals surface area contributed by atoms with Crippen molar-refractivity contribution in [1.29, 1.82) is 0 Å². The third-order valence-corrected chi connectivity index (χ3v) is 7.00. The van der Waals surface area contributed by atoms with Gasteiger partial charge in [-0.1, -0.05) is 36.7 Å². The third-order valence-electron chi connectivity index (χ3n) is 5.21. The number of halogens is 1. The summed E-state index contributed by atoms with van der Waals surface area (Å²) in [5, 5.41) is 2.82. The molecule has 2 bridgehead atoms. The van der Waals surface area contributed by atoms with Crippen molar-refractivity contribution in [2.75, 3.05) is 7.05 Å². The van der Waals surface area contributed by atoms with E-state index in [1.54, 1.807) is 7.05 Å². The van der Waals surface area contributed by atoms with Crippen LogP contribution in [0, 0.1) is 16.2 Å². The number of nitrogens with one attached hydrogen (secondary N) is 1. The molecule has 0 radical (unpaired) electrons. The van der Waals surface area contributed by atoms with Crippen LogP contribution in [0.5, 0.6) is 0 Å². The number of hydrogen-bond acceptors (Lipinski definition) is 1. The number of hydrogen-bond donors (Lipinski definition) is 1. The molecule has 0 saturated heterocycles. The van der Waals surface area contributed by atoms with E-state index in [4.69, 9.17) is 0 Å². The molecule has 3 aliphatic rings. The molecule has 2 nitrogen and oxygen atoms in total. The van der Waals surface area contributed by atoms with Crippen molar-refractivity contribution in [2.24, 2.45) is 16.2 Å². The summed E-state index contributed by atoms with van der Waals surface area (Å²) in [5.74, 6) is 0.208. The Hall–Kier alpha value is -0.0500.